The van der Waals surface area contributed by atoms with E-state index in [1.807, 2.05) is 0 Å². The Morgan fingerprint density at radius 2 is 1.59 bits per heavy atom. The molecule has 34 heavy (non-hydrogen) atoms. The Morgan fingerprint density at radius 3 is 2.21 bits per heavy atom. The number of carbonyl (C=O) groups is 1. The molecule has 0 aliphatic rings. The number of anilines is 2. The highest BCUT2D eigenvalue weighted by molar-refractivity contribution is 7.92. The first-order chi connectivity index (χ1) is 16.2. The lowest BCUT2D eigenvalue weighted by atomic mass is 10.3. The second kappa shape index (κ2) is 10.9. The fourth-order valence-electron chi connectivity index (χ4n) is 3.09. The molecule has 0 spiro atoms. The van der Waals surface area contributed by atoms with E-state index >= 15 is 0 Å². The number of carbonyl (C=O) groups excluding carboxylic acids is 1. The summed E-state index contributed by atoms with van der Waals surface area (Å²) < 4.78 is 43.8. The molecule has 3 aromatic carbocycles. The molecule has 180 valence electrons. The number of benzene rings is 3. The molecule has 0 radical (unpaired) electrons. The minimum atomic E-state index is -4.20. The third kappa shape index (κ3) is 5.49. The first kappa shape index (κ1) is 25.5. The fraction of sp³-hybridized carbons (Fsp3) is 0.174. The number of methoxy groups -OCH3 is 3. The van der Waals surface area contributed by atoms with Crippen LogP contribution in [0.3, 0.4) is 0 Å². The van der Waals surface area contributed by atoms with E-state index in [0.29, 0.717) is 11.5 Å². The SMILES string of the molecule is COc1ccc(N(CC(=O)Nc2cccc(Cl)c2Cl)S(=O)(=O)c2ccc(OC)c(OC)c2)cc1. The quantitative estimate of drug-likeness (QED) is 0.429. The molecule has 1 N–H and O–H groups in total. The molecule has 3 rings (SSSR count). The molecular weight excluding hydrogens is 503 g/mol. The minimum Gasteiger partial charge on any atom is -0.497 e. The molecule has 0 unspecified atom stereocenters. The van der Waals surface area contributed by atoms with Crippen LogP contribution >= 0.6 is 23.2 Å². The molecule has 0 saturated heterocycles. The van der Waals surface area contributed by atoms with Gasteiger partial charge in [-0.3, -0.25) is 9.10 Å². The number of amides is 1. The van der Waals surface area contributed by atoms with Gasteiger partial charge in [-0.05, 0) is 48.5 Å². The predicted molar refractivity (Wildman–Crippen MR) is 132 cm³/mol. The Labute approximate surface area is 208 Å². The van der Waals surface area contributed by atoms with Crippen LogP contribution in [0, 0.1) is 0 Å². The topological polar surface area (TPSA) is 94.2 Å². The molecule has 0 bridgehead atoms. The number of rotatable bonds is 9. The number of nitrogens with zero attached hydrogens (tertiary/aromatic N) is 1. The molecule has 8 nitrogen and oxygen atoms in total. The summed E-state index contributed by atoms with van der Waals surface area (Å²) in [5.41, 5.74) is 0.514. The van der Waals surface area contributed by atoms with Gasteiger partial charge in [0, 0.05) is 6.07 Å². The molecule has 0 atom stereocenters. The van der Waals surface area contributed by atoms with Crippen LogP contribution in [0.15, 0.2) is 65.6 Å². The largest absolute Gasteiger partial charge is 0.497 e. The highest BCUT2D eigenvalue weighted by Crippen LogP contribution is 2.33. The van der Waals surface area contributed by atoms with Crippen LogP contribution in [0.25, 0.3) is 0 Å². The summed E-state index contributed by atoms with van der Waals surface area (Å²) in [7, 11) is 0.141. The van der Waals surface area contributed by atoms with E-state index in [2.05, 4.69) is 5.32 Å². The zero-order valence-corrected chi connectivity index (χ0v) is 20.9. The third-order valence-electron chi connectivity index (χ3n) is 4.82. The van der Waals surface area contributed by atoms with E-state index in [0.717, 1.165) is 4.31 Å². The maximum Gasteiger partial charge on any atom is 0.264 e. The van der Waals surface area contributed by atoms with Crippen LogP contribution < -0.4 is 23.8 Å². The van der Waals surface area contributed by atoms with Crippen molar-refractivity contribution in [2.45, 2.75) is 4.90 Å². The second-order valence-electron chi connectivity index (χ2n) is 6.88. The summed E-state index contributed by atoms with van der Waals surface area (Å²) in [6, 6.07) is 15.2. The Morgan fingerprint density at radius 1 is 0.912 bits per heavy atom. The first-order valence-corrected chi connectivity index (χ1v) is 12.0. The van der Waals surface area contributed by atoms with Gasteiger partial charge in [0.15, 0.2) is 11.5 Å². The molecule has 0 heterocycles. The smallest absolute Gasteiger partial charge is 0.264 e. The minimum absolute atomic E-state index is 0.0884. The van der Waals surface area contributed by atoms with Crippen LogP contribution in [-0.2, 0) is 14.8 Å². The number of hydrogen-bond acceptors (Lipinski definition) is 6. The summed E-state index contributed by atoms with van der Waals surface area (Å²) in [5.74, 6) is 0.505. The third-order valence-corrected chi connectivity index (χ3v) is 7.41. The van der Waals surface area contributed by atoms with Crippen molar-refractivity contribution < 1.29 is 27.4 Å². The van der Waals surface area contributed by atoms with Crippen molar-refractivity contribution in [1.82, 2.24) is 0 Å². The van der Waals surface area contributed by atoms with Crippen LogP contribution in [0.2, 0.25) is 10.0 Å². The van der Waals surface area contributed by atoms with E-state index in [1.54, 1.807) is 30.3 Å². The van der Waals surface area contributed by atoms with Gasteiger partial charge in [-0.25, -0.2) is 8.42 Å². The maximum absolute atomic E-state index is 13.6. The monoisotopic (exact) mass is 524 g/mol. The lowest BCUT2D eigenvalue weighted by Crippen LogP contribution is -2.38. The van der Waals surface area contributed by atoms with E-state index in [4.69, 9.17) is 37.4 Å². The van der Waals surface area contributed by atoms with E-state index < -0.39 is 22.5 Å². The average Bonchev–Trinajstić information content (AvgIpc) is 2.84. The van der Waals surface area contributed by atoms with Crippen molar-refractivity contribution in [2.24, 2.45) is 0 Å². The molecule has 11 heteroatoms. The Kier molecular flexibility index (Phi) is 8.14. The van der Waals surface area contributed by atoms with Gasteiger partial charge in [-0.2, -0.15) is 0 Å². The van der Waals surface area contributed by atoms with E-state index in [-0.39, 0.29) is 32.1 Å². The first-order valence-electron chi connectivity index (χ1n) is 9.84. The van der Waals surface area contributed by atoms with Crippen molar-refractivity contribution in [3.05, 3.63) is 70.7 Å². The number of halogens is 2. The Bertz CT molecular complexity index is 1280. The van der Waals surface area contributed by atoms with Crippen molar-refractivity contribution in [3.63, 3.8) is 0 Å². The number of ether oxygens (including phenoxy) is 3. The number of hydrogen-bond donors (Lipinski definition) is 1. The zero-order chi connectivity index (χ0) is 24.9. The number of nitrogens with one attached hydrogen (secondary N) is 1. The molecule has 0 fully saturated rings. The van der Waals surface area contributed by atoms with Gasteiger partial charge in [0.1, 0.15) is 12.3 Å². The van der Waals surface area contributed by atoms with Crippen molar-refractivity contribution in [2.75, 3.05) is 37.5 Å². The summed E-state index contributed by atoms with van der Waals surface area (Å²) in [5, 5.41) is 3.01. The molecule has 3 aromatic rings. The van der Waals surface area contributed by atoms with Crippen molar-refractivity contribution in [3.8, 4) is 17.2 Å². The molecule has 0 aliphatic carbocycles. The fourth-order valence-corrected chi connectivity index (χ4v) is 4.87. The van der Waals surface area contributed by atoms with Gasteiger partial charge >= 0.3 is 0 Å². The molecule has 1 amide bonds. The summed E-state index contributed by atoms with van der Waals surface area (Å²) in [6.45, 7) is -0.536. The van der Waals surface area contributed by atoms with Gasteiger partial charge in [-0.1, -0.05) is 29.3 Å². The lowest BCUT2D eigenvalue weighted by Gasteiger charge is -2.25. The average molecular weight is 525 g/mol. The molecule has 0 aromatic heterocycles. The molecule has 0 saturated carbocycles. The van der Waals surface area contributed by atoms with Gasteiger partial charge < -0.3 is 19.5 Å². The van der Waals surface area contributed by atoms with Crippen molar-refractivity contribution in [1.29, 1.82) is 0 Å². The Hall–Kier alpha value is -3.14. The highest BCUT2D eigenvalue weighted by Gasteiger charge is 2.28. The zero-order valence-electron chi connectivity index (χ0n) is 18.5. The lowest BCUT2D eigenvalue weighted by molar-refractivity contribution is -0.114. The Balaban J connectivity index is 2.01. The van der Waals surface area contributed by atoms with E-state index in [9.17, 15) is 13.2 Å². The van der Waals surface area contributed by atoms with Gasteiger partial charge in [-0.15, -0.1) is 0 Å². The van der Waals surface area contributed by atoms with E-state index in [1.165, 1.54) is 51.7 Å². The van der Waals surface area contributed by atoms with Gasteiger partial charge in [0.2, 0.25) is 5.91 Å². The molecule has 0 aliphatic heterocycles. The maximum atomic E-state index is 13.6. The summed E-state index contributed by atoms with van der Waals surface area (Å²) in [6.07, 6.45) is 0. The van der Waals surface area contributed by atoms with Crippen LogP contribution in [0.1, 0.15) is 0 Å². The van der Waals surface area contributed by atoms with Crippen molar-refractivity contribution >= 4 is 50.5 Å². The summed E-state index contributed by atoms with van der Waals surface area (Å²) >= 11 is 12.2. The van der Waals surface area contributed by atoms with Gasteiger partial charge in [0.25, 0.3) is 10.0 Å². The van der Waals surface area contributed by atoms with Crippen LogP contribution in [-0.4, -0.2) is 42.2 Å². The van der Waals surface area contributed by atoms with Crippen LogP contribution in [0.5, 0.6) is 17.2 Å². The van der Waals surface area contributed by atoms with Crippen LogP contribution in [0.4, 0.5) is 11.4 Å². The molecular formula is C23H22Cl2N2O6S. The predicted octanol–water partition coefficient (Wildman–Crippen LogP) is 4.85. The highest BCUT2D eigenvalue weighted by atomic mass is 35.5. The van der Waals surface area contributed by atoms with Gasteiger partial charge in [0.05, 0.1) is 47.6 Å². The standard InChI is InChI=1S/C23H22Cl2N2O6S/c1-31-16-9-7-15(8-10-16)27(14-22(28)26-19-6-4-5-18(24)23(19)25)34(29,30)17-11-12-20(32-2)21(13-17)33-3/h4-13H,14H2,1-3H3,(H,26,28). The summed E-state index contributed by atoms with van der Waals surface area (Å²) in [4.78, 5) is 12.8. The second-order valence-corrected chi connectivity index (χ2v) is 9.52. The normalized spacial score (nSPS) is 11.0. The number of sulfonamides is 1.